The topological polar surface area (TPSA) is 38.7 Å². The molecule has 2 unspecified atom stereocenters. The summed E-state index contributed by atoms with van der Waals surface area (Å²) in [5.74, 6) is 0. The number of halogens is 1. The minimum Gasteiger partial charge on any atom is -0.393 e. The quantitative estimate of drug-likeness (QED) is 0.929. The molecule has 4 heteroatoms. The van der Waals surface area contributed by atoms with Crippen molar-refractivity contribution >= 4 is 15.9 Å². The van der Waals surface area contributed by atoms with E-state index in [1.54, 1.807) is 0 Å². The number of aliphatic hydroxyl groups is 1. The van der Waals surface area contributed by atoms with Crippen molar-refractivity contribution in [3.05, 3.63) is 34.3 Å². The lowest BCUT2D eigenvalue weighted by atomic mass is 10.1. The first-order chi connectivity index (χ1) is 8.29. The van der Waals surface area contributed by atoms with Crippen molar-refractivity contribution in [1.29, 1.82) is 0 Å². The lowest BCUT2D eigenvalue weighted by Gasteiger charge is -2.27. The molecule has 2 rings (SSSR count). The van der Waals surface area contributed by atoms with Gasteiger partial charge in [-0.2, -0.15) is 0 Å². The lowest BCUT2D eigenvalue weighted by Crippen LogP contribution is -2.25. The molecule has 94 valence electrons. The zero-order chi connectivity index (χ0) is 12.1. The molecule has 1 heterocycles. The molecule has 0 saturated carbocycles. The van der Waals surface area contributed by atoms with E-state index in [9.17, 15) is 5.11 Å². The van der Waals surface area contributed by atoms with Crippen molar-refractivity contribution in [2.45, 2.75) is 31.7 Å². The average molecular weight is 301 g/mol. The van der Waals surface area contributed by atoms with Gasteiger partial charge < -0.3 is 14.6 Å². The van der Waals surface area contributed by atoms with E-state index < -0.39 is 0 Å². The highest BCUT2D eigenvalue weighted by atomic mass is 79.9. The Balaban J connectivity index is 1.97. The van der Waals surface area contributed by atoms with Gasteiger partial charge in [-0.05, 0) is 37.0 Å². The SMILES string of the molecule is OCC(OC1CCCCO1)c1ccc(Br)cc1. The van der Waals surface area contributed by atoms with Gasteiger partial charge >= 0.3 is 0 Å². The number of hydrogen-bond acceptors (Lipinski definition) is 3. The van der Waals surface area contributed by atoms with Crippen molar-refractivity contribution < 1.29 is 14.6 Å². The predicted molar refractivity (Wildman–Crippen MR) is 68.6 cm³/mol. The maximum absolute atomic E-state index is 9.39. The fraction of sp³-hybridized carbons (Fsp3) is 0.538. The normalized spacial score (nSPS) is 22.4. The summed E-state index contributed by atoms with van der Waals surface area (Å²) in [5, 5.41) is 9.39. The molecule has 17 heavy (non-hydrogen) atoms. The van der Waals surface area contributed by atoms with E-state index in [1.807, 2.05) is 24.3 Å². The van der Waals surface area contributed by atoms with Gasteiger partial charge in [0, 0.05) is 11.1 Å². The maximum atomic E-state index is 9.39. The summed E-state index contributed by atoms with van der Waals surface area (Å²) >= 11 is 3.39. The Hall–Kier alpha value is -0.420. The molecule has 0 spiro atoms. The van der Waals surface area contributed by atoms with Crippen LogP contribution in [0.25, 0.3) is 0 Å². The molecule has 2 atom stereocenters. The van der Waals surface area contributed by atoms with E-state index in [2.05, 4.69) is 15.9 Å². The minimum absolute atomic E-state index is 0.0263. The Morgan fingerprint density at radius 3 is 2.71 bits per heavy atom. The molecule has 0 aromatic heterocycles. The lowest BCUT2D eigenvalue weighted by molar-refractivity contribution is -0.196. The van der Waals surface area contributed by atoms with Crippen LogP contribution in [0.3, 0.4) is 0 Å². The highest BCUT2D eigenvalue weighted by Gasteiger charge is 2.20. The van der Waals surface area contributed by atoms with Crippen LogP contribution >= 0.6 is 15.9 Å². The second-order valence-corrected chi connectivity index (χ2v) is 5.07. The summed E-state index contributed by atoms with van der Waals surface area (Å²) in [6.45, 7) is 0.727. The van der Waals surface area contributed by atoms with E-state index in [1.165, 1.54) is 0 Å². The minimum atomic E-state index is -0.300. The van der Waals surface area contributed by atoms with Crippen molar-refractivity contribution in [3.8, 4) is 0 Å². The largest absolute Gasteiger partial charge is 0.393 e. The van der Waals surface area contributed by atoms with E-state index >= 15 is 0 Å². The van der Waals surface area contributed by atoms with Gasteiger partial charge in [0.15, 0.2) is 6.29 Å². The van der Waals surface area contributed by atoms with Gasteiger partial charge in [0.25, 0.3) is 0 Å². The highest BCUT2D eigenvalue weighted by molar-refractivity contribution is 9.10. The standard InChI is InChI=1S/C13H17BrO3/c14-11-6-4-10(5-7-11)12(9-15)17-13-3-1-2-8-16-13/h4-7,12-13,15H,1-3,8-9H2. The van der Waals surface area contributed by atoms with Gasteiger partial charge in [0.05, 0.1) is 6.61 Å². The second-order valence-electron chi connectivity index (χ2n) is 4.15. The fourth-order valence-corrected chi connectivity index (χ4v) is 2.17. The number of aliphatic hydroxyl groups excluding tert-OH is 1. The van der Waals surface area contributed by atoms with Crippen LogP contribution in [-0.4, -0.2) is 24.6 Å². The van der Waals surface area contributed by atoms with Crippen LogP contribution in [0.1, 0.15) is 30.9 Å². The zero-order valence-corrected chi connectivity index (χ0v) is 11.2. The Kier molecular flexibility index (Phi) is 4.98. The van der Waals surface area contributed by atoms with Gasteiger partial charge in [-0.1, -0.05) is 28.1 Å². The first kappa shape index (κ1) is 13.0. The maximum Gasteiger partial charge on any atom is 0.158 e. The molecule has 0 amide bonds. The van der Waals surface area contributed by atoms with Crippen LogP contribution in [0.4, 0.5) is 0 Å². The van der Waals surface area contributed by atoms with E-state index in [-0.39, 0.29) is 19.0 Å². The van der Waals surface area contributed by atoms with Crippen LogP contribution in [0, 0.1) is 0 Å². The molecule has 1 saturated heterocycles. The van der Waals surface area contributed by atoms with Gasteiger partial charge in [0.1, 0.15) is 6.10 Å². The van der Waals surface area contributed by atoms with Crippen LogP contribution in [-0.2, 0) is 9.47 Å². The highest BCUT2D eigenvalue weighted by Crippen LogP contribution is 2.24. The van der Waals surface area contributed by atoms with Gasteiger partial charge in [-0.25, -0.2) is 0 Å². The zero-order valence-electron chi connectivity index (χ0n) is 9.64. The Morgan fingerprint density at radius 1 is 1.35 bits per heavy atom. The summed E-state index contributed by atoms with van der Waals surface area (Å²) in [7, 11) is 0. The van der Waals surface area contributed by atoms with Crippen LogP contribution in [0.2, 0.25) is 0 Å². The molecular formula is C13H17BrO3. The molecule has 1 aliphatic rings. The smallest absolute Gasteiger partial charge is 0.158 e. The monoisotopic (exact) mass is 300 g/mol. The van der Waals surface area contributed by atoms with Crippen molar-refractivity contribution in [2.24, 2.45) is 0 Å². The first-order valence-corrected chi connectivity index (χ1v) is 6.72. The number of hydrogen-bond donors (Lipinski definition) is 1. The van der Waals surface area contributed by atoms with Crippen molar-refractivity contribution in [2.75, 3.05) is 13.2 Å². The Bertz CT molecular complexity index is 333. The summed E-state index contributed by atoms with van der Waals surface area (Å²) in [6, 6.07) is 7.80. The Labute approximate surface area is 110 Å². The summed E-state index contributed by atoms with van der Waals surface area (Å²) < 4.78 is 12.3. The van der Waals surface area contributed by atoms with Gasteiger partial charge in [-0.15, -0.1) is 0 Å². The summed E-state index contributed by atoms with van der Waals surface area (Å²) in [5.41, 5.74) is 0.977. The molecule has 3 nitrogen and oxygen atoms in total. The molecule has 1 fully saturated rings. The molecule has 0 radical (unpaired) electrons. The Morgan fingerprint density at radius 2 is 2.12 bits per heavy atom. The number of benzene rings is 1. The predicted octanol–water partition coefficient (Wildman–Crippen LogP) is 3.03. The van der Waals surface area contributed by atoms with E-state index in [0.29, 0.717) is 0 Å². The van der Waals surface area contributed by atoms with Crippen molar-refractivity contribution in [3.63, 3.8) is 0 Å². The molecule has 1 aromatic rings. The molecule has 1 N–H and O–H groups in total. The fourth-order valence-electron chi connectivity index (χ4n) is 1.91. The number of ether oxygens (including phenoxy) is 2. The van der Waals surface area contributed by atoms with Crippen molar-refractivity contribution in [1.82, 2.24) is 0 Å². The molecule has 0 bridgehead atoms. The molecule has 0 aliphatic carbocycles. The molecule has 1 aromatic carbocycles. The molecular weight excluding hydrogens is 284 g/mol. The number of rotatable bonds is 4. The van der Waals surface area contributed by atoms with E-state index in [4.69, 9.17) is 9.47 Å². The van der Waals surface area contributed by atoms with Crippen LogP contribution in [0.15, 0.2) is 28.7 Å². The third kappa shape index (κ3) is 3.78. The van der Waals surface area contributed by atoms with Gasteiger partial charge in [-0.3, -0.25) is 0 Å². The average Bonchev–Trinajstić information content (AvgIpc) is 2.38. The van der Waals surface area contributed by atoms with Gasteiger partial charge in [0.2, 0.25) is 0 Å². The third-order valence-corrected chi connectivity index (χ3v) is 3.39. The van der Waals surface area contributed by atoms with Crippen LogP contribution in [0.5, 0.6) is 0 Å². The third-order valence-electron chi connectivity index (χ3n) is 2.86. The summed E-state index contributed by atoms with van der Waals surface area (Å²) in [6.07, 6.45) is 2.66. The summed E-state index contributed by atoms with van der Waals surface area (Å²) in [4.78, 5) is 0. The molecule has 1 aliphatic heterocycles. The second kappa shape index (κ2) is 6.50. The first-order valence-electron chi connectivity index (χ1n) is 5.93. The van der Waals surface area contributed by atoms with E-state index in [0.717, 1.165) is 35.9 Å². The van der Waals surface area contributed by atoms with Crippen LogP contribution < -0.4 is 0 Å².